The minimum atomic E-state index is -0.0854. The van der Waals surface area contributed by atoms with Gasteiger partial charge in [-0.3, -0.25) is 4.79 Å². The zero-order chi connectivity index (χ0) is 14.4. The number of carbonyl (C=O) groups excluding carboxylic acids is 1. The number of carbonyl (C=O) groups is 1. The van der Waals surface area contributed by atoms with E-state index in [0.29, 0.717) is 11.9 Å². The number of piperidine rings is 1. The van der Waals surface area contributed by atoms with Crippen LogP contribution in [-0.4, -0.2) is 25.0 Å². The molecule has 0 spiro atoms. The summed E-state index contributed by atoms with van der Waals surface area (Å²) < 4.78 is 0. The van der Waals surface area contributed by atoms with Crippen LogP contribution in [0.1, 0.15) is 71.6 Å². The molecule has 0 aromatic carbocycles. The predicted molar refractivity (Wildman–Crippen MR) is 83.6 cm³/mol. The van der Waals surface area contributed by atoms with Gasteiger partial charge in [-0.1, -0.05) is 33.1 Å². The van der Waals surface area contributed by atoms with Gasteiger partial charge in [-0.15, -0.1) is 0 Å². The molecule has 2 fully saturated rings. The van der Waals surface area contributed by atoms with Crippen LogP contribution in [-0.2, 0) is 4.79 Å². The molecule has 3 nitrogen and oxygen atoms in total. The lowest BCUT2D eigenvalue weighted by atomic mass is 9.74. The van der Waals surface area contributed by atoms with Crippen molar-refractivity contribution in [2.24, 2.45) is 11.3 Å². The molecule has 20 heavy (non-hydrogen) atoms. The molecule has 3 heteroatoms. The molecule has 0 radical (unpaired) electrons. The molecule has 0 aromatic rings. The lowest BCUT2D eigenvalue weighted by Crippen LogP contribution is -2.50. The molecule has 1 amide bonds. The highest BCUT2D eigenvalue weighted by Crippen LogP contribution is 2.35. The van der Waals surface area contributed by atoms with Crippen LogP contribution in [0, 0.1) is 11.3 Å². The SMILES string of the molecule is CCCC1(C(=O)NC2CCCC(C)CC2)CCNCC1. The number of rotatable bonds is 4. The van der Waals surface area contributed by atoms with Gasteiger partial charge in [0.1, 0.15) is 0 Å². The second-order valence-corrected chi connectivity index (χ2v) is 7.06. The fourth-order valence-electron chi connectivity index (χ4n) is 3.94. The standard InChI is InChI=1S/C17H32N2O/c1-3-9-17(10-12-18-13-11-17)16(20)19-15-6-4-5-14(2)7-8-15/h14-15,18H,3-13H2,1-2H3,(H,19,20). The maximum Gasteiger partial charge on any atom is 0.226 e. The van der Waals surface area contributed by atoms with Crippen molar-refractivity contribution in [3.8, 4) is 0 Å². The first-order valence-corrected chi connectivity index (χ1v) is 8.68. The largest absolute Gasteiger partial charge is 0.353 e. The molecule has 2 unspecified atom stereocenters. The van der Waals surface area contributed by atoms with Gasteiger partial charge in [0, 0.05) is 6.04 Å². The molecule has 1 saturated carbocycles. The van der Waals surface area contributed by atoms with Crippen molar-refractivity contribution in [2.45, 2.75) is 77.7 Å². The Bertz CT molecular complexity index is 305. The maximum atomic E-state index is 12.8. The molecule has 2 rings (SSSR count). The van der Waals surface area contributed by atoms with Gasteiger partial charge in [0.15, 0.2) is 0 Å². The van der Waals surface area contributed by atoms with Gasteiger partial charge in [-0.05, 0) is 57.5 Å². The van der Waals surface area contributed by atoms with Crippen LogP contribution in [0.25, 0.3) is 0 Å². The molecule has 1 aliphatic carbocycles. The average molecular weight is 280 g/mol. The highest BCUT2D eigenvalue weighted by atomic mass is 16.2. The molecular weight excluding hydrogens is 248 g/mol. The quantitative estimate of drug-likeness (QED) is 0.776. The van der Waals surface area contributed by atoms with E-state index in [1.54, 1.807) is 0 Å². The van der Waals surface area contributed by atoms with Crippen molar-refractivity contribution in [2.75, 3.05) is 13.1 Å². The minimum absolute atomic E-state index is 0.0854. The van der Waals surface area contributed by atoms with Gasteiger partial charge in [0.25, 0.3) is 0 Å². The van der Waals surface area contributed by atoms with E-state index in [4.69, 9.17) is 0 Å². The normalized spacial score (nSPS) is 30.5. The maximum absolute atomic E-state index is 12.8. The lowest BCUT2D eigenvalue weighted by Gasteiger charge is -2.37. The third kappa shape index (κ3) is 3.97. The number of hydrogen-bond donors (Lipinski definition) is 2. The van der Waals surface area contributed by atoms with Gasteiger partial charge < -0.3 is 10.6 Å². The van der Waals surface area contributed by atoms with Crippen LogP contribution in [0.2, 0.25) is 0 Å². The van der Waals surface area contributed by atoms with Gasteiger partial charge in [0.2, 0.25) is 5.91 Å². The molecule has 0 bridgehead atoms. The van der Waals surface area contributed by atoms with E-state index in [9.17, 15) is 4.79 Å². The summed E-state index contributed by atoms with van der Waals surface area (Å²) in [5, 5.41) is 6.80. The summed E-state index contributed by atoms with van der Waals surface area (Å²) >= 11 is 0. The Balaban J connectivity index is 1.93. The van der Waals surface area contributed by atoms with Gasteiger partial charge in [0.05, 0.1) is 5.41 Å². The lowest BCUT2D eigenvalue weighted by molar-refractivity contribution is -0.134. The smallest absolute Gasteiger partial charge is 0.226 e. The first-order chi connectivity index (χ1) is 9.66. The molecular formula is C17H32N2O. The van der Waals surface area contributed by atoms with E-state index in [2.05, 4.69) is 24.5 Å². The first-order valence-electron chi connectivity index (χ1n) is 8.68. The summed E-state index contributed by atoms with van der Waals surface area (Å²) in [6.07, 6.45) is 10.4. The Hall–Kier alpha value is -0.570. The van der Waals surface area contributed by atoms with Crippen molar-refractivity contribution in [3.05, 3.63) is 0 Å². The number of nitrogens with one attached hydrogen (secondary N) is 2. The van der Waals surface area contributed by atoms with E-state index in [-0.39, 0.29) is 5.41 Å². The first kappa shape index (κ1) is 15.8. The third-order valence-corrected chi connectivity index (χ3v) is 5.36. The summed E-state index contributed by atoms with van der Waals surface area (Å²) in [5.74, 6) is 1.18. The molecule has 2 aliphatic rings. The van der Waals surface area contributed by atoms with Crippen molar-refractivity contribution >= 4 is 5.91 Å². The molecule has 1 heterocycles. The summed E-state index contributed by atoms with van der Waals surface area (Å²) in [4.78, 5) is 12.8. The Labute approximate surface area is 124 Å². The van der Waals surface area contributed by atoms with Gasteiger partial charge in [-0.25, -0.2) is 0 Å². The second-order valence-electron chi connectivity index (χ2n) is 7.06. The summed E-state index contributed by atoms with van der Waals surface area (Å²) in [5.41, 5.74) is -0.0854. The Morgan fingerprint density at radius 1 is 1.20 bits per heavy atom. The predicted octanol–water partition coefficient (Wildman–Crippen LogP) is 3.24. The molecule has 1 aliphatic heterocycles. The Morgan fingerprint density at radius 2 is 1.95 bits per heavy atom. The topological polar surface area (TPSA) is 41.1 Å². The van der Waals surface area contributed by atoms with Gasteiger partial charge >= 0.3 is 0 Å². The summed E-state index contributed by atoms with van der Waals surface area (Å²) in [6, 6.07) is 0.427. The van der Waals surface area contributed by atoms with Crippen molar-refractivity contribution < 1.29 is 4.79 Å². The zero-order valence-electron chi connectivity index (χ0n) is 13.3. The van der Waals surface area contributed by atoms with Crippen LogP contribution in [0.15, 0.2) is 0 Å². The monoisotopic (exact) mass is 280 g/mol. The fraction of sp³-hybridized carbons (Fsp3) is 0.941. The second kappa shape index (κ2) is 7.44. The number of hydrogen-bond acceptors (Lipinski definition) is 2. The molecule has 2 N–H and O–H groups in total. The highest BCUT2D eigenvalue weighted by Gasteiger charge is 2.39. The van der Waals surface area contributed by atoms with Crippen molar-refractivity contribution in [3.63, 3.8) is 0 Å². The molecule has 0 aromatic heterocycles. The Kier molecular flexibility index (Phi) is 5.88. The minimum Gasteiger partial charge on any atom is -0.353 e. The third-order valence-electron chi connectivity index (χ3n) is 5.36. The average Bonchev–Trinajstić information content (AvgIpc) is 2.65. The number of amides is 1. The van der Waals surface area contributed by atoms with Crippen molar-refractivity contribution in [1.29, 1.82) is 0 Å². The van der Waals surface area contributed by atoms with E-state index in [1.165, 1.54) is 32.1 Å². The van der Waals surface area contributed by atoms with Crippen LogP contribution >= 0.6 is 0 Å². The summed E-state index contributed by atoms with van der Waals surface area (Å²) in [6.45, 7) is 6.53. The highest BCUT2D eigenvalue weighted by molar-refractivity contribution is 5.83. The molecule has 2 atom stereocenters. The van der Waals surface area contributed by atoms with Crippen LogP contribution in [0.4, 0.5) is 0 Å². The van der Waals surface area contributed by atoms with Crippen LogP contribution in [0.3, 0.4) is 0 Å². The summed E-state index contributed by atoms with van der Waals surface area (Å²) in [7, 11) is 0. The van der Waals surface area contributed by atoms with E-state index < -0.39 is 0 Å². The van der Waals surface area contributed by atoms with E-state index in [0.717, 1.165) is 44.7 Å². The van der Waals surface area contributed by atoms with Crippen LogP contribution < -0.4 is 10.6 Å². The van der Waals surface area contributed by atoms with E-state index in [1.807, 2.05) is 0 Å². The van der Waals surface area contributed by atoms with Crippen molar-refractivity contribution in [1.82, 2.24) is 10.6 Å². The van der Waals surface area contributed by atoms with E-state index >= 15 is 0 Å². The zero-order valence-corrected chi connectivity index (χ0v) is 13.3. The molecule has 1 saturated heterocycles. The molecule has 116 valence electrons. The fourth-order valence-corrected chi connectivity index (χ4v) is 3.94. The Morgan fingerprint density at radius 3 is 2.65 bits per heavy atom. The van der Waals surface area contributed by atoms with Gasteiger partial charge in [-0.2, -0.15) is 0 Å². The van der Waals surface area contributed by atoms with Crippen LogP contribution in [0.5, 0.6) is 0 Å².